The van der Waals surface area contributed by atoms with Crippen LogP contribution in [0.4, 0.5) is 11.4 Å². The summed E-state index contributed by atoms with van der Waals surface area (Å²) in [5, 5.41) is 7.22. The Hall–Kier alpha value is -2.80. The SMILES string of the molecule is COc1ccc2c(c1)[C@@H](NC(=S)Nc1ccc(N3CCCC3=O)cc1)CC(C)(C)O2. The molecule has 0 aliphatic carbocycles. The number of anilines is 2. The number of nitrogens with zero attached hydrogens (tertiary/aromatic N) is 1. The van der Waals surface area contributed by atoms with E-state index >= 15 is 0 Å². The molecule has 2 N–H and O–H groups in total. The van der Waals surface area contributed by atoms with E-state index in [0.717, 1.165) is 47.8 Å². The van der Waals surface area contributed by atoms with Crippen LogP contribution in [0.2, 0.25) is 0 Å². The number of fused-ring (bicyclic) bond motifs is 1. The summed E-state index contributed by atoms with van der Waals surface area (Å²) in [6.07, 6.45) is 2.31. The second-order valence-corrected chi connectivity index (χ2v) is 8.72. The normalized spacial score (nSPS) is 19.6. The van der Waals surface area contributed by atoms with Crippen molar-refractivity contribution in [2.24, 2.45) is 0 Å². The van der Waals surface area contributed by atoms with Gasteiger partial charge in [-0.25, -0.2) is 0 Å². The maximum absolute atomic E-state index is 11.9. The summed E-state index contributed by atoms with van der Waals surface area (Å²) in [5.74, 6) is 1.81. The maximum atomic E-state index is 11.9. The molecule has 4 rings (SSSR count). The molecule has 1 fully saturated rings. The topological polar surface area (TPSA) is 62.8 Å². The molecule has 7 heteroatoms. The Morgan fingerprint density at radius 1 is 1.23 bits per heavy atom. The number of rotatable bonds is 4. The Kier molecular flexibility index (Phi) is 5.56. The van der Waals surface area contributed by atoms with Crippen LogP contribution < -0.4 is 25.0 Å². The Balaban J connectivity index is 1.45. The Morgan fingerprint density at radius 2 is 2.00 bits per heavy atom. The van der Waals surface area contributed by atoms with E-state index in [1.165, 1.54) is 0 Å². The average molecular weight is 426 g/mol. The first-order valence-electron chi connectivity index (χ1n) is 10.2. The smallest absolute Gasteiger partial charge is 0.227 e. The Bertz CT molecular complexity index is 959. The number of ether oxygens (including phenoxy) is 2. The molecule has 30 heavy (non-hydrogen) atoms. The lowest BCUT2D eigenvalue weighted by molar-refractivity contribution is -0.117. The van der Waals surface area contributed by atoms with Gasteiger partial charge in [-0.1, -0.05) is 0 Å². The lowest BCUT2D eigenvalue weighted by Gasteiger charge is -2.38. The standard InChI is InChI=1S/C23H27N3O3S/c1-23(2)14-19(18-13-17(28-3)10-11-20(18)29-23)25-22(30)24-15-6-8-16(9-7-15)26-12-4-5-21(26)27/h6-11,13,19H,4-5,12,14H2,1-3H3,(H2,24,25,30)/t19-/m0/s1. The van der Waals surface area contributed by atoms with Gasteiger partial charge >= 0.3 is 0 Å². The monoisotopic (exact) mass is 425 g/mol. The van der Waals surface area contributed by atoms with Gasteiger partial charge in [0, 0.05) is 36.3 Å². The van der Waals surface area contributed by atoms with Crippen molar-refractivity contribution in [3.63, 3.8) is 0 Å². The van der Waals surface area contributed by atoms with Crippen molar-refractivity contribution >= 4 is 34.6 Å². The predicted molar refractivity (Wildman–Crippen MR) is 122 cm³/mol. The Labute approximate surface area is 182 Å². The first-order chi connectivity index (χ1) is 14.3. The molecule has 1 saturated heterocycles. The molecular weight excluding hydrogens is 398 g/mol. The quantitative estimate of drug-likeness (QED) is 0.708. The van der Waals surface area contributed by atoms with Crippen LogP contribution in [0, 0.1) is 0 Å². The molecule has 2 aliphatic heterocycles. The summed E-state index contributed by atoms with van der Waals surface area (Å²) >= 11 is 5.58. The third-order valence-corrected chi connectivity index (χ3v) is 5.71. The van der Waals surface area contributed by atoms with Crippen molar-refractivity contribution in [1.82, 2.24) is 5.32 Å². The third-order valence-electron chi connectivity index (χ3n) is 5.49. The number of nitrogens with one attached hydrogen (secondary N) is 2. The molecular formula is C23H27N3O3S. The number of thiocarbonyl (C=S) groups is 1. The first kappa shape index (κ1) is 20.5. The highest BCUT2D eigenvalue weighted by Gasteiger charge is 2.34. The van der Waals surface area contributed by atoms with Crippen molar-refractivity contribution in [2.45, 2.75) is 44.8 Å². The van der Waals surface area contributed by atoms with Gasteiger partial charge in [-0.05, 0) is 75.0 Å². The first-order valence-corrected chi connectivity index (χ1v) is 10.6. The van der Waals surface area contributed by atoms with Crippen LogP contribution in [0.1, 0.15) is 44.7 Å². The fourth-order valence-corrected chi connectivity index (χ4v) is 4.32. The number of benzene rings is 2. The van der Waals surface area contributed by atoms with E-state index in [0.29, 0.717) is 11.5 Å². The van der Waals surface area contributed by atoms with E-state index < -0.39 is 0 Å². The van der Waals surface area contributed by atoms with Crippen LogP contribution in [-0.2, 0) is 4.79 Å². The molecule has 6 nitrogen and oxygen atoms in total. The van der Waals surface area contributed by atoms with E-state index in [9.17, 15) is 4.79 Å². The second-order valence-electron chi connectivity index (χ2n) is 8.32. The summed E-state index contributed by atoms with van der Waals surface area (Å²) in [6.45, 7) is 4.93. The molecule has 2 aromatic carbocycles. The van der Waals surface area contributed by atoms with Gasteiger partial charge in [0.1, 0.15) is 17.1 Å². The van der Waals surface area contributed by atoms with Crippen molar-refractivity contribution in [3.8, 4) is 11.5 Å². The summed E-state index contributed by atoms with van der Waals surface area (Å²) in [6, 6.07) is 13.6. The number of carbonyl (C=O) groups excluding carboxylic acids is 1. The molecule has 1 atom stereocenters. The van der Waals surface area contributed by atoms with Gasteiger partial charge in [-0.3, -0.25) is 4.79 Å². The van der Waals surface area contributed by atoms with Crippen molar-refractivity contribution < 1.29 is 14.3 Å². The molecule has 0 bridgehead atoms. The van der Waals surface area contributed by atoms with Crippen LogP contribution in [-0.4, -0.2) is 30.3 Å². The van der Waals surface area contributed by atoms with Crippen molar-refractivity contribution in [1.29, 1.82) is 0 Å². The molecule has 2 aromatic rings. The minimum atomic E-state index is -0.307. The summed E-state index contributed by atoms with van der Waals surface area (Å²) < 4.78 is 11.5. The number of methoxy groups -OCH3 is 1. The zero-order valence-corrected chi connectivity index (χ0v) is 18.3. The highest BCUT2D eigenvalue weighted by Crippen LogP contribution is 2.41. The van der Waals surface area contributed by atoms with Gasteiger partial charge in [0.15, 0.2) is 5.11 Å². The van der Waals surface area contributed by atoms with Crippen LogP contribution in [0.3, 0.4) is 0 Å². The minimum Gasteiger partial charge on any atom is -0.497 e. The van der Waals surface area contributed by atoms with Gasteiger partial charge in [-0.2, -0.15) is 0 Å². The van der Waals surface area contributed by atoms with Gasteiger partial charge in [-0.15, -0.1) is 0 Å². The van der Waals surface area contributed by atoms with Crippen LogP contribution in [0.15, 0.2) is 42.5 Å². The average Bonchev–Trinajstić information content (AvgIpc) is 3.13. The predicted octanol–water partition coefficient (Wildman–Crippen LogP) is 4.41. The van der Waals surface area contributed by atoms with Crippen molar-refractivity contribution in [2.75, 3.05) is 23.9 Å². The minimum absolute atomic E-state index is 0.000319. The number of carbonyl (C=O) groups is 1. The highest BCUT2D eigenvalue weighted by molar-refractivity contribution is 7.80. The van der Waals surface area contributed by atoms with Crippen LogP contribution in [0.5, 0.6) is 11.5 Å². The van der Waals surface area contributed by atoms with Crippen LogP contribution >= 0.6 is 12.2 Å². The number of amides is 1. The lowest BCUT2D eigenvalue weighted by Crippen LogP contribution is -2.42. The zero-order valence-electron chi connectivity index (χ0n) is 17.5. The molecule has 0 unspecified atom stereocenters. The number of hydrogen-bond acceptors (Lipinski definition) is 4. The molecule has 0 spiro atoms. The van der Waals surface area contributed by atoms with E-state index in [1.807, 2.05) is 47.4 Å². The van der Waals surface area contributed by atoms with Gasteiger partial charge in [0.05, 0.1) is 13.2 Å². The summed E-state index contributed by atoms with van der Waals surface area (Å²) in [4.78, 5) is 13.7. The summed E-state index contributed by atoms with van der Waals surface area (Å²) in [5.41, 5.74) is 2.52. The molecule has 2 aliphatic rings. The van der Waals surface area contributed by atoms with Crippen LogP contribution in [0.25, 0.3) is 0 Å². The molecule has 0 radical (unpaired) electrons. The molecule has 2 heterocycles. The molecule has 0 aromatic heterocycles. The fraction of sp³-hybridized carbons (Fsp3) is 0.391. The van der Waals surface area contributed by atoms with Crippen molar-refractivity contribution in [3.05, 3.63) is 48.0 Å². The molecule has 0 saturated carbocycles. The zero-order chi connectivity index (χ0) is 21.3. The van der Waals surface area contributed by atoms with E-state index in [4.69, 9.17) is 21.7 Å². The van der Waals surface area contributed by atoms with E-state index in [2.05, 4.69) is 24.5 Å². The van der Waals surface area contributed by atoms with Gasteiger partial charge < -0.3 is 25.0 Å². The number of hydrogen-bond donors (Lipinski definition) is 2. The lowest BCUT2D eigenvalue weighted by atomic mass is 9.89. The van der Waals surface area contributed by atoms with Gasteiger partial charge in [0.25, 0.3) is 0 Å². The van der Waals surface area contributed by atoms with E-state index in [1.54, 1.807) is 7.11 Å². The molecule has 158 valence electrons. The Morgan fingerprint density at radius 3 is 2.67 bits per heavy atom. The maximum Gasteiger partial charge on any atom is 0.227 e. The molecule has 1 amide bonds. The highest BCUT2D eigenvalue weighted by atomic mass is 32.1. The fourth-order valence-electron chi connectivity index (χ4n) is 4.06. The largest absolute Gasteiger partial charge is 0.497 e. The second kappa shape index (κ2) is 8.14. The third kappa shape index (κ3) is 4.36. The van der Waals surface area contributed by atoms with E-state index in [-0.39, 0.29) is 17.6 Å². The van der Waals surface area contributed by atoms with Gasteiger partial charge in [0.2, 0.25) is 5.91 Å². The summed E-state index contributed by atoms with van der Waals surface area (Å²) in [7, 11) is 1.66.